The van der Waals surface area contributed by atoms with Crippen molar-refractivity contribution in [3.05, 3.63) is 40.6 Å². The van der Waals surface area contributed by atoms with Gasteiger partial charge in [0.1, 0.15) is 5.69 Å². The summed E-state index contributed by atoms with van der Waals surface area (Å²) in [6, 6.07) is 5.13. The highest BCUT2D eigenvalue weighted by atomic mass is 16.6. The lowest BCUT2D eigenvalue weighted by molar-refractivity contribution is -0.383. The van der Waals surface area contributed by atoms with Crippen LogP contribution in [0.15, 0.2) is 30.5 Å². The molecule has 0 radical (unpaired) electrons. The van der Waals surface area contributed by atoms with Crippen molar-refractivity contribution < 1.29 is 4.92 Å². The average molecular weight is 235 g/mol. The van der Waals surface area contributed by atoms with E-state index in [1.165, 1.54) is 6.07 Å². The predicted octanol–water partition coefficient (Wildman–Crippen LogP) is 3.36. The van der Waals surface area contributed by atoms with Crippen LogP contribution in [0.4, 0.5) is 17.1 Å². The number of nitro benzene ring substituents is 1. The van der Waals surface area contributed by atoms with Crippen LogP contribution in [0.3, 0.4) is 0 Å². The Kier molecular flexibility index (Phi) is 4.09. The van der Waals surface area contributed by atoms with Gasteiger partial charge in [0.2, 0.25) is 0 Å². The highest BCUT2D eigenvalue weighted by Crippen LogP contribution is 2.28. The van der Waals surface area contributed by atoms with Crippen LogP contribution in [0, 0.1) is 10.1 Å². The summed E-state index contributed by atoms with van der Waals surface area (Å²) in [6.45, 7) is 9.37. The maximum Gasteiger partial charge on any atom is 0.294 e. The molecule has 0 bridgehead atoms. The Morgan fingerprint density at radius 2 is 2.12 bits per heavy atom. The van der Waals surface area contributed by atoms with Crippen LogP contribution in [0.25, 0.3) is 0 Å². The predicted molar refractivity (Wildman–Crippen MR) is 70.3 cm³/mol. The van der Waals surface area contributed by atoms with E-state index >= 15 is 0 Å². The van der Waals surface area contributed by atoms with Crippen molar-refractivity contribution in [3.8, 4) is 0 Å². The maximum absolute atomic E-state index is 11.0. The smallest absolute Gasteiger partial charge is 0.294 e. The Morgan fingerprint density at radius 1 is 1.47 bits per heavy atom. The van der Waals surface area contributed by atoms with E-state index in [1.807, 2.05) is 13.8 Å². The van der Waals surface area contributed by atoms with E-state index in [0.717, 1.165) is 5.70 Å². The van der Waals surface area contributed by atoms with Gasteiger partial charge in [-0.3, -0.25) is 10.1 Å². The van der Waals surface area contributed by atoms with Crippen LogP contribution in [-0.2, 0) is 0 Å². The minimum atomic E-state index is -0.395. The summed E-state index contributed by atoms with van der Waals surface area (Å²) in [7, 11) is 0. The maximum atomic E-state index is 11.0. The molecule has 0 aliphatic heterocycles. The third-order valence-electron chi connectivity index (χ3n) is 2.00. The summed E-state index contributed by atoms with van der Waals surface area (Å²) in [5, 5.41) is 17.0. The van der Waals surface area contributed by atoms with Gasteiger partial charge in [-0.2, -0.15) is 0 Å². The molecule has 1 aromatic carbocycles. The molecule has 1 aromatic rings. The summed E-state index contributed by atoms with van der Waals surface area (Å²) in [4.78, 5) is 10.6. The molecule has 0 aliphatic rings. The van der Waals surface area contributed by atoms with Gasteiger partial charge in [-0.25, -0.2) is 0 Å². The molecular weight excluding hydrogens is 218 g/mol. The van der Waals surface area contributed by atoms with E-state index in [1.54, 1.807) is 19.1 Å². The van der Waals surface area contributed by atoms with Crippen molar-refractivity contribution in [2.75, 3.05) is 10.6 Å². The minimum Gasteiger partial charge on any atom is -0.377 e. The molecule has 2 N–H and O–H groups in total. The van der Waals surface area contributed by atoms with Gasteiger partial charge < -0.3 is 10.6 Å². The number of nitrogens with one attached hydrogen (secondary N) is 2. The minimum absolute atomic E-state index is 0.0601. The van der Waals surface area contributed by atoms with E-state index < -0.39 is 4.92 Å². The van der Waals surface area contributed by atoms with E-state index in [9.17, 15) is 10.1 Å². The van der Waals surface area contributed by atoms with Gasteiger partial charge in [0, 0.05) is 23.5 Å². The summed E-state index contributed by atoms with van der Waals surface area (Å²) in [6.07, 6.45) is 0. The molecule has 0 saturated carbocycles. The number of hydrogen-bond acceptors (Lipinski definition) is 4. The topological polar surface area (TPSA) is 67.2 Å². The van der Waals surface area contributed by atoms with Gasteiger partial charge in [-0.1, -0.05) is 6.58 Å². The molecule has 0 fully saturated rings. The molecule has 0 saturated heterocycles. The van der Waals surface area contributed by atoms with Crippen LogP contribution in [-0.4, -0.2) is 11.0 Å². The molecule has 0 amide bonds. The van der Waals surface area contributed by atoms with Gasteiger partial charge in [0.25, 0.3) is 5.69 Å². The first-order chi connectivity index (χ1) is 7.90. The Morgan fingerprint density at radius 3 is 2.59 bits per heavy atom. The molecule has 17 heavy (non-hydrogen) atoms. The van der Waals surface area contributed by atoms with Crippen molar-refractivity contribution in [3.63, 3.8) is 0 Å². The fraction of sp³-hybridized carbons (Fsp3) is 0.333. The number of rotatable bonds is 5. The van der Waals surface area contributed by atoms with Gasteiger partial charge in [0.05, 0.1) is 4.92 Å². The standard InChI is InChI=1S/C12H17N3O2/c1-8(2)13-10-5-6-11(14-9(3)4)12(7-10)15(16)17/h5-7,9,13-14H,1H2,2-4H3. The van der Waals surface area contributed by atoms with E-state index in [4.69, 9.17) is 0 Å². The molecule has 5 heteroatoms. The lowest BCUT2D eigenvalue weighted by Crippen LogP contribution is -2.11. The van der Waals surface area contributed by atoms with Crippen molar-refractivity contribution in [1.82, 2.24) is 0 Å². The average Bonchev–Trinajstić information content (AvgIpc) is 2.18. The van der Waals surface area contributed by atoms with Crippen LogP contribution >= 0.6 is 0 Å². The first-order valence-corrected chi connectivity index (χ1v) is 5.37. The van der Waals surface area contributed by atoms with Crippen LogP contribution in [0.2, 0.25) is 0 Å². The van der Waals surface area contributed by atoms with Gasteiger partial charge in [-0.05, 0) is 32.9 Å². The summed E-state index contributed by atoms with van der Waals surface area (Å²) < 4.78 is 0. The number of nitrogens with zero attached hydrogens (tertiary/aromatic N) is 1. The van der Waals surface area contributed by atoms with Crippen LogP contribution in [0.5, 0.6) is 0 Å². The number of nitro groups is 1. The van der Waals surface area contributed by atoms with Crippen molar-refractivity contribution >= 4 is 17.1 Å². The molecule has 0 atom stereocenters. The largest absolute Gasteiger partial charge is 0.377 e. The summed E-state index contributed by atoms with van der Waals surface area (Å²) in [5.41, 5.74) is 1.99. The molecule has 92 valence electrons. The van der Waals surface area contributed by atoms with Gasteiger partial charge >= 0.3 is 0 Å². The fourth-order valence-electron chi connectivity index (χ4n) is 1.44. The lowest BCUT2D eigenvalue weighted by Gasteiger charge is -2.12. The number of anilines is 2. The lowest BCUT2D eigenvalue weighted by atomic mass is 10.2. The van der Waals surface area contributed by atoms with Crippen molar-refractivity contribution in [2.24, 2.45) is 0 Å². The van der Waals surface area contributed by atoms with Crippen LogP contribution in [0.1, 0.15) is 20.8 Å². The SMILES string of the molecule is C=C(C)Nc1ccc(NC(C)C)c([N+](=O)[O-])c1. The second kappa shape index (κ2) is 5.34. The van der Waals surface area contributed by atoms with Crippen molar-refractivity contribution in [1.29, 1.82) is 0 Å². The molecular formula is C12H17N3O2. The molecule has 0 unspecified atom stereocenters. The van der Waals surface area contributed by atoms with Gasteiger partial charge in [-0.15, -0.1) is 0 Å². The second-order valence-electron chi connectivity index (χ2n) is 4.19. The second-order valence-corrected chi connectivity index (χ2v) is 4.19. The van der Waals surface area contributed by atoms with Gasteiger partial charge in [0.15, 0.2) is 0 Å². The molecule has 0 heterocycles. The summed E-state index contributed by atoms with van der Waals surface area (Å²) >= 11 is 0. The third kappa shape index (κ3) is 3.79. The first kappa shape index (κ1) is 13.0. The monoisotopic (exact) mass is 235 g/mol. The molecule has 1 rings (SSSR count). The zero-order valence-corrected chi connectivity index (χ0v) is 10.3. The highest BCUT2D eigenvalue weighted by Gasteiger charge is 2.15. The zero-order valence-electron chi connectivity index (χ0n) is 10.3. The quantitative estimate of drug-likeness (QED) is 0.606. The van der Waals surface area contributed by atoms with Crippen LogP contribution < -0.4 is 10.6 Å². The zero-order chi connectivity index (χ0) is 13.0. The van der Waals surface area contributed by atoms with E-state index in [2.05, 4.69) is 17.2 Å². The Hall–Kier alpha value is -2.04. The number of allylic oxidation sites excluding steroid dienone is 1. The summed E-state index contributed by atoms with van der Waals surface area (Å²) in [5.74, 6) is 0. The number of benzene rings is 1. The molecule has 0 aromatic heterocycles. The van der Waals surface area contributed by atoms with E-state index in [0.29, 0.717) is 11.4 Å². The Bertz CT molecular complexity index is 441. The molecule has 0 aliphatic carbocycles. The highest BCUT2D eigenvalue weighted by molar-refractivity contribution is 5.68. The molecule has 0 spiro atoms. The third-order valence-corrected chi connectivity index (χ3v) is 2.00. The number of hydrogen-bond donors (Lipinski definition) is 2. The molecule has 5 nitrogen and oxygen atoms in total. The Balaban J connectivity index is 3.08. The van der Waals surface area contributed by atoms with E-state index in [-0.39, 0.29) is 11.7 Å². The normalized spacial score (nSPS) is 10.1. The fourth-order valence-corrected chi connectivity index (χ4v) is 1.44. The first-order valence-electron chi connectivity index (χ1n) is 5.37. The van der Waals surface area contributed by atoms with Crippen molar-refractivity contribution in [2.45, 2.75) is 26.8 Å². The Labute approximate surface area is 101 Å².